The summed E-state index contributed by atoms with van der Waals surface area (Å²) in [4.78, 5) is 9.84. The van der Waals surface area contributed by atoms with E-state index < -0.39 is 12.0 Å². The molecule has 0 amide bonds. The second kappa shape index (κ2) is 3.31. The minimum Gasteiger partial charge on any atom is -0.480 e. The first-order chi connectivity index (χ1) is 3.68. The van der Waals surface area contributed by atoms with Gasteiger partial charge in [0.05, 0.1) is 0 Å². The summed E-state index contributed by atoms with van der Waals surface area (Å²) >= 11 is -0.0678. The van der Waals surface area contributed by atoms with E-state index in [4.69, 9.17) is 5.11 Å². The SMILES string of the molecule is C[C@H](N=S=O)C(=O)O. The molecule has 0 spiro atoms. The molecule has 5 heteroatoms. The highest BCUT2D eigenvalue weighted by molar-refractivity contribution is 7.54. The predicted octanol–water partition coefficient (Wildman–Crippen LogP) is -0.144. The molecule has 1 N–H and O–H groups in total. The van der Waals surface area contributed by atoms with Crippen LogP contribution in [0.1, 0.15) is 6.92 Å². The van der Waals surface area contributed by atoms with Crippen LogP contribution in [0, 0.1) is 0 Å². The summed E-state index contributed by atoms with van der Waals surface area (Å²) in [6, 6.07) is -0.891. The Bertz CT molecular complexity index is 137. The van der Waals surface area contributed by atoms with Crippen molar-refractivity contribution in [1.29, 1.82) is 0 Å². The molecule has 0 aromatic rings. The van der Waals surface area contributed by atoms with Crippen molar-refractivity contribution in [3.8, 4) is 0 Å². The minimum atomic E-state index is -1.08. The van der Waals surface area contributed by atoms with Crippen molar-refractivity contribution < 1.29 is 14.1 Å². The number of carboxylic acid groups (broad SMARTS) is 1. The van der Waals surface area contributed by atoms with Crippen LogP contribution in [-0.4, -0.2) is 21.3 Å². The molecular weight excluding hydrogens is 130 g/mol. The Hall–Kier alpha value is -0.710. The third-order valence-corrected chi connectivity index (χ3v) is 0.961. The van der Waals surface area contributed by atoms with E-state index in [1.807, 2.05) is 0 Å². The van der Waals surface area contributed by atoms with E-state index >= 15 is 0 Å². The first kappa shape index (κ1) is 7.29. The Labute approximate surface area is 49.8 Å². The van der Waals surface area contributed by atoms with Gasteiger partial charge in [0.1, 0.15) is 0 Å². The Morgan fingerprint density at radius 2 is 2.38 bits per heavy atom. The zero-order chi connectivity index (χ0) is 6.57. The van der Waals surface area contributed by atoms with Crippen molar-refractivity contribution in [2.24, 2.45) is 4.36 Å². The fourth-order valence-corrected chi connectivity index (χ4v) is 0.329. The van der Waals surface area contributed by atoms with Crippen LogP contribution >= 0.6 is 0 Å². The van der Waals surface area contributed by atoms with Gasteiger partial charge < -0.3 is 5.11 Å². The first-order valence-electron chi connectivity index (χ1n) is 1.90. The highest BCUT2D eigenvalue weighted by Gasteiger charge is 2.06. The van der Waals surface area contributed by atoms with Crippen LogP contribution in [0.2, 0.25) is 0 Å². The standard InChI is InChI=1S/C3H5NO3S/c1-2(3(5)6)4-8-7/h2H,1H3,(H,5,6)/t2-/m0/s1. The van der Waals surface area contributed by atoms with Crippen molar-refractivity contribution >= 4 is 17.4 Å². The van der Waals surface area contributed by atoms with Gasteiger partial charge >= 0.3 is 5.97 Å². The zero-order valence-electron chi connectivity index (χ0n) is 4.20. The summed E-state index contributed by atoms with van der Waals surface area (Å²) in [7, 11) is 0. The molecule has 0 aromatic carbocycles. The maximum absolute atomic E-state index is 9.84. The van der Waals surface area contributed by atoms with Gasteiger partial charge in [0.25, 0.3) is 0 Å². The number of rotatable bonds is 2. The topological polar surface area (TPSA) is 66.7 Å². The molecule has 46 valence electrons. The van der Waals surface area contributed by atoms with Crippen molar-refractivity contribution in [1.82, 2.24) is 0 Å². The normalized spacial score (nSPS) is 12.1. The second-order valence-corrected chi connectivity index (χ2v) is 1.55. The molecule has 0 saturated carbocycles. The van der Waals surface area contributed by atoms with Gasteiger partial charge in [-0.3, -0.25) is 0 Å². The van der Waals surface area contributed by atoms with E-state index in [9.17, 15) is 9.00 Å². The lowest BCUT2D eigenvalue weighted by molar-refractivity contribution is -0.137. The summed E-state index contributed by atoms with van der Waals surface area (Å²) in [5, 5.41) is 8.07. The lowest BCUT2D eigenvalue weighted by atomic mass is 10.4. The second-order valence-electron chi connectivity index (χ2n) is 1.19. The molecule has 0 heterocycles. The summed E-state index contributed by atoms with van der Waals surface area (Å²) < 4.78 is 12.6. The average Bonchev–Trinajstić information content (AvgIpc) is 1.67. The quantitative estimate of drug-likeness (QED) is 0.572. The minimum absolute atomic E-state index is 0.0678. The molecule has 0 bridgehead atoms. The third kappa shape index (κ3) is 2.46. The summed E-state index contributed by atoms with van der Waals surface area (Å²) in [5.41, 5.74) is 0. The van der Waals surface area contributed by atoms with Gasteiger partial charge in [0.2, 0.25) is 0 Å². The first-order valence-corrected chi connectivity index (χ1v) is 2.60. The maximum Gasteiger partial charge on any atom is 0.329 e. The molecule has 0 saturated heterocycles. The molecule has 0 radical (unpaired) electrons. The fraction of sp³-hybridized carbons (Fsp3) is 0.667. The number of hydrogen-bond acceptors (Lipinski definition) is 3. The maximum atomic E-state index is 9.84. The molecule has 0 aliphatic rings. The van der Waals surface area contributed by atoms with E-state index in [1.165, 1.54) is 6.92 Å². The number of aliphatic carboxylic acids is 1. The zero-order valence-corrected chi connectivity index (χ0v) is 5.01. The van der Waals surface area contributed by atoms with Crippen molar-refractivity contribution in [3.63, 3.8) is 0 Å². The summed E-state index contributed by atoms with van der Waals surface area (Å²) in [5.74, 6) is -1.08. The molecule has 0 fully saturated rings. The van der Waals surface area contributed by atoms with Gasteiger partial charge in [-0.25, -0.2) is 4.79 Å². The van der Waals surface area contributed by atoms with Gasteiger partial charge in [-0.05, 0) is 6.92 Å². The van der Waals surface area contributed by atoms with E-state index in [2.05, 4.69) is 4.36 Å². The average molecular weight is 135 g/mol. The highest BCUT2D eigenvalue weighted by atomic mass is 32.1. The van der Waals surface area contributed by atoms with Crippen molar-refractivity contribution in [2.75, 3.05) is 0 Å². The smallest absolute Gasteiger partial charge is 0.329 e. The predicted molar refractivity (Wildman–Crippen MR) is 27.7 cm³/mol. The van der Waals surface area contributed by atoms with E-state index in [1.54, 1.807) is 0 Å². The number of carboxylic acids is 1. The molecular formula is C3H5NO3S. The number of hydrogen-bond donors (Lipinski definition) is 1. The van der Waals surface area contributed by atoms with Gasteiger partial charge in [-0.15, -0.1) is 0 Å². The molecule has 0 aliphatic carbocycles. The van der Waals surface area contributed by atoms with Crippen LogP contribution in [0.25, 0.3) is 0 Å². The molecule has 1 atom stereocenters. The number of carbonyl (C=O) groups is 1. The summed E-state index contributed by atoms with van der Waals surface area (Å²) in [6.07, 6.45) is 0. The lowest BCUT2D eigenvalue weighted by Gasteiger charge is -1.89. The Morgan fingerprint density at radius 1 is 1.88 bits per heavy atom. The van der Waals surface area contributed by atoms with Crippen molar-refractivity contribution in [3.05, 3.63) is 0 Å². The monoisotopic (exact) mass is 135 g/mol. The van der Waals surface area contributed by atoms with Crippen LogP contribution in [0.15, 0.2) is 4.36 Å². The van der Waals surface area contributed by atoms with Crippen LogP contribution in [-0.2, 0) is 16.3 Å². The van der Waals surface area contributed by atoms with Gasteiger partial charge in [0.15, 0.2) is 17.5 Å². The molecule has 0 unspecified atom stereocenters. The van der Waals surface area contributed by atoms with Crippen LogP contribution in [0.3, 0.4) is 0 Å². The van der Waals surface area contributed by atoms with Crippen molar-refractivity contribution in [2.45, 2.75) is 13.0 Å². The Balaban J connectivity index is 3.82. The summed E-state index contributed by atoms with van der Waals surface area (Å²) in [6.45, 7) is 1.34. The van der Waals surface area contributed by atoms with E-state index in [0.29, 0.717) is 0 Å². The van der Waals surface area contributed by atoms with Gasteiger partial charge in [0, 0.05) is 0 Å². The third-order valence-electron chi connectivity index (χ3n) is 0.559. The van der Waals surface area contributed by atoms with Crippen LogP contribution in [0.4, 0.5) is 0 Å². The molecule has 4 nitrogen and oxygen atoms in total. The molecule has 0 aromatic heterocycles. The molecule has 0 aliphatic heterocycles. The van der Waals surface area contributed by atoms with Crippen LogP contribution < -0.4 is 0 Å². The number of nitrogens with zero attached hydrogens (tertiary/aromatic N) is 1. The highest BCUT2D eigenvalue weighted by Crippen LogP contribution is 1.84. The van der Waals surface area contributed by atoms with Gasteiger partial charge in [-0.1, -0.05) is 0 Å². The Kier molecular flexibility index (Phi) is 3.02. The van der Waals surface area contributed by atoms with Gasteiger partial charge in [-0.2, -0.15) is 8.57 Å². The molecule has 0 rings (SSSR count). The largest absolute Gasteiger partial charge is 0.480 e. The van der Waals surface area contributed by atoms with Crippen LogP contribution in [0.5, 0.6) is 0 Å². The Morgan fingerprint density at radius 3 is 2.50 bits per heavy atom. The fourth-order valence-electron chi connectivity index (χ4n) is 0.110. The van der Waals surface area contributed by atoms with E-state index in [-0.39, 0.29) is 11.5 Å². The lowest BCUT2D eigenvalue weighted by Crippen LogP contribution is -2.11. The van der Waals surface area contributed by atoms with E-state index in [0.717, 1.165) is 0 Å². The molecule has 8 heavy (non-hydrogen) atoms.